The lowest BCUT2D eigenvalue weighted by Gasteiger charge is -2.12. The maximum absolute atomic E-state index is 12.2. The Bertz CT molecular complexity index is 732. The number of hydrogen-bond acceptors (Lipinski definition) is 2. The Balaban J connectivity index is 1.96. The second-order valence-electron chi connectivity index (χ2n) is 5.30. The van der Waals surface area contributed by atoms with E-state index in [1.54, 1.807) is 12.1 Å². The Labute approximate surface area is 145 Å². The molecule has 0 heterocycles. The van der Waals surface area contributed by atoms with Gasteiger partial charge in [-0.1, -0.05) is 61.6 Å². The molecule has 0 aliphatic carbocycles. The molecule has 2 unspecified atom stereocenters. The first kappa shape index (κ1) is 18.0. The van der Waals surface area contributed by atoms with Crippen LogP contribution >= 0.6 is 0 Å². The Morgan fingerprint density at radius 2 is 1.71 bits per heavy atom. The van der Waals surface area contributed by atoms with E-state index in [-0.39, 0.29) is 17.7 Å². The van der Waals surface area contributed by atoms with Crippen molar-refractivity contribution in [3.05, 3.63) is 66.2 Å². The number of hydrogen-bond donors (Lipinski definition) is 1. The van der Waals surface area contributed by atoms with Gasteiger partial charge < -0.3 is 5.32 Å². The van der Waals surface area contributed by atoms with Gasteiger partial charge in [-0.05, 0) is 30.7 Å². The van der Waals surface area contributed by atoms with E-state index in [2.05, 4.69) is 17.2 Å². The Hall–Kier alpha value is -2.38. The zero-order valence-corrected chi connectivity index (χ0v) is 14.5. The maximum atomic E-state index is 12.2. The molecule has 0 fully saturated rings. The van der Waals surface area contributed by atoms with E-state index in [0.717, 1.165) is 17.7 Å². The molecule has 0 bridgehead atoms. The first-order valence-corrected chi connectivity index (χ1v) is 9.30. The fourth-order valence-corrected chi connectivity index (χ4v) is 3.03. The van der Waals surface area contributed by atoms with Gasteiger partial charge in [0.2, 0.25) is 0 Å². The van der Waals surface area contributed by atoms with Gasteiger partial charge in [0.15, 0.2) is 0 Å². The topological polar surface area (TPSA) is 46.2 Å². The van der Waals surface area contributed by atoms with Crippen LogP contribution in [0.2, 0.25) is 0 Å². The van der Waals surface area contributed by atoms with Crippen LogP contribution in [0.25, 0.3) is 0 Å². The van der Waals surface area contributed by atoms with Crippen molar-refractivity contribution >= 4 is 16.7 Å². The first-order chi connectivity index (χ1) is 11.7. The molecule has 0 saturated carbocycles. The van der Waals surface area contributed by atoms with Gasteiger partial charge in [0, 0.05) is 10.5 Å². The lowest BCUT2D eigenvalue weighted by molar-refractivity contribution is 0.0944. The minimum atomic E-state index is -1.14. The standard InChI is InChI=1S/C20H21NO2S/c1-2-10-18(21-20(22)17-11-5-3-6-12-17)13-9-16-24(23)19-14-7-4-8-15-19/h3-8,11-12,14-15,18H,2,10,16H2,1H3,(H,21,22). The quantitative estimate of drug-likeness (QED) is 0.820. The minimum Gasteiger partial charge on any atom is -0.338 e. The third kappa shape index (κ3) is 5.68. The van der Waals surface area contributed by atoms with Crippen molar-refractivity contribution in [3.8, 4) is 11.8 Å². The smallest absolute Gasteiger partial charge is 0.252 e. The van der Waals surface area contributed by atoms with E-state index in [1.807, 2.05) is 55.5 Å². The summed E-state index contributed by atoms with van der Waals surface area (Å²) in [5, 5.41) is 2.94. The molecule has 0 aromatic heterocycles. The summed E-state index contributed by atoms with van der Waals surface area (Å²) in [6.07, 6.45) is 1.68. The molecule has 3 nitrogen and oxygen atoms in total. The predicted molar refractivity (Wildman–Crippen MR) is 98.1 cm³/mol. The van der Waals surface area contributed by atoms with Crippen molar-refractivity contribution in [2.75, 3.05) is 5.75 Å². The number of nitrogens with one attached hydrogen (secondary N) is 1. The Kier molecular flexibility index (Phi) is 7.25. The minimum absolute atomic E-state index is 0.132. The number of carbonyl (C=O) groups is 1. The average molecular weight is 339 g/mol. The molecule has 2 rings (SSSR count). The number of benzene rings is 2. The van der Waals surface area contributed by atoms with Gasteiger partial charge in [-0.2, -0.15) is 0 Å². The highest BCUT2D eigenvalue weighted by molar-refractivity contribution is 7.85. The normalized spacial score (nSPS) is 12.5. The van der Waals surface area contributed by atoms with Crippen LogP contribution in [0, 0.1) is 11.8 Å². The molecule has 24 heavy (non-hydrogen) atoms. The molecule has 0 spiro atoms. The zero-order valence-electron chi connectivity index (χ0n) is 13.7. The number of amides is 1. The summed E-state index contributed by atoms with van der Waals surface area (Å²) in [4.78, 5) is 13.0. The molecule has 0 radical (unpaired) electrons. The highest BCUT2D eigenvalue weighted by Crippen LogP contribution is 2.05. The Morgan fingerprint density at radius 1 is 1.08 bits per heavy atom. The molecular formula is C20H21NO2S. The van der Waals surface area contributed by atoms with Gasteiger partial charge in [-0.15, -0.1) is 0 Å². The summed E-state index contributed by atoms with van der Waals surface area (Å²) in [6, 6.07) is 18.1. The molecule has 2 aromatic rings. The maximum Gasteiger partial charge on any atom is 0.252 e. The summed E-state index contributed by atoms with van der Waals surface area (Å²) in [7, 11) is -1.14. The van der Waals surface area contributed by atoms with Crippen molar-refractivity contribution in [1.82, 2.24) is 5.32 Å². The summed E-state index contributed by atoms with van der Waals surface area (Å²) in [5.41, 5.74) is 0.619. The largest absolute Gasteiger partial charge is 0.338 e. The summed E-state index contributed by atoms with van der Waals surface area (Å²) in [6.45, 7) is 2.05. The van der Waals surface area contributed by atoms with Gasteiger partial charge in [-0.25, -0.2) is 0 Å². The molecule has 1 N–H and O–H groups in total. The third-order valence-corrected chi connectivity index (χ3v) is 4.61. The van der Waals surface area contributed by atoms with Gasteiger partial charge in [0.05, 0.1) is 22.6 Å². The van der Waals surface area contributed by atoms with Crippen LogP contribution in [-0.4, -0.2) is 21.9 Å². The fraction of sp³-hybridized carbons (Fsp3) is 0.250. The molecule has 0 aliphatic heterocycles. The van der Waals surface area contributed by atoms with Crippen LogP contribution in [0.4, 0.5) is 0 Å². The summed E-state index contributed by atoms with van der Waals surface area (Å²) >= 11 is 0. The SMILES string of the molecule is CCCC(C#CCS(=O)c1ccccc1)NC(=O)c1ccccc1. The van der Waals surface area contributed by atoms with E-state index in [1.165, 1.54) is 0 Å². The monoisotopic (exact) mass is 339 g/mol. The molecule has 2 atom stereocenters. The third-order valence-electron chi connectivity index (χ3n) is 3.40. The Morgan fingerprint density at radius 3 is 2.33 bits per heavy atom. The molecule has 1 amide bonds. The lowest BCUT2D eigenvalue weighted by Crippen LogP contribution is -2.33. The highest BCUT2D eigenvalue weighted by Gasteiger charge is 2.10. The van der Waals surface area contributed by atoms with Crippen molar-refractivity contribution in [1.29, 1.82) is 0 Å². The average Bonchev–Trinajstić information content (AvgIpc) is 2.63. The van der Waals surface area contributed by atoms with Gasteiger partial charge in [0.1, 0.15) is 0 Å². The lowest BCUT2D eigenvalue weighted by atomic mass is 10.1. The molecular weight excluding hydrogens is 318 g/mol. The van der Waals surface area contributed by atoms with Gasteiger partial charge in [-0.3, -0.25) is 9.00 Å². The molecule has 2 aromatic carbocycles. The van der Waals surface area contributed by atoms with Crippen molar-refractivity contribution in [3.63, 3.8) is 0 Å². The van der Waals surface area contributed by atoms with Crippen LogP contribution in [0.1, 0.15) is 30.1 Å². The molecule has 0 saturated heterocycles. The zero-order chi connectivity index (χ0) is 17.2. The van der Waals surface area contributed by atoms with E-state index in [9.17, 15) is 9.00 Å². The molecule has 124 valence electrons. The second kappa shape index (κ2) is 9.69. The van der Waals surface area contributed by atoms with Gasteiger partial charge in [0.25, 0.3) is 5.91 Å². The fourth-order valence-electron chi connectivity index (χ4n) is 2.19. The van der Waals surface area contributed by atoms with Crippen LogP contribution in [-0.2, 0) is 10.8 Å². The first-order valence-electron chi connectivity index (χ1n) is 7.98. The van der Waals surface area contributed by atoms with E-state index in [0.29, 0.717) is 5.56 Å². The van der Waals surface area contributed by atoms with Crippen molar-refractivity contribution in [2.24, 2.45) is 0 Å². The van der Waals surface area contributed by atoms with Crippen molar-refractivity contribution in [2.45, 2.75) is 30.7 Å². The predicted octanol–water partition coefficient (Wildman–Crippen LogP) is 3.40. The number of carbonyl (C=O) groups excluding carboxylic acids is 1. The molecule has 4 heteroatoms. The van der Waals surface area contributed by atoms with Crippen molar-refractivity contribution < 1.29 is 9.00 Å². The highest BCUT2D eigenvalue weighted by atomic mass is 32.2. The van der Waals surface area contributed by atoms with E-state index < -0.39 is 10.8 Å². The molecule has 0 aliphatic rings. The summed E-state index contributed by atoms with van der Waals surface area (Å²) < 4.78 is 12.1. The van der Waals surface area contributed by atoms with Crippen LogP contribution in [0.3, 0.4) is 0 Å². The summed E-state index contributed by atoms with van der Waals surface area (Å²) in [5.74, 6) is 6.14. The van der Waals surface area contributed by atoms with E-state index in [4.69, 9.17) is 0 Å². The van der Waals surface area contributed by atoms with E-state index >= 15 is 0 Å². The number of rotatable bonds is 6. The van der Waals surface area contributed by atoms with Gasteiger partial charge >= 0.3 is 0 Å². The second-order valence-corrected chi connectivity index (χ2v) is 6.76. The van der Waals surface area contributed by atoms with Crippen LogP contribution < -0.4 is 5.32 Å². The van der Waals surface area contributed by atoms with Crippen LogP contribution in [0.5, 0.6) is 0 Å². The van der Waals surface area contributed by atoms with Crippen LogP contribution in [0.15, 0.2) is 65.6 Å².